The lowest BCUT2D eigenvalue weighted by Crippen LogP contribution is -2.18. The molecule has 0 spiro atoms. The lowest BCUT2D eigenvalue weighted by Gasteiger charge is -2.07. The van der Waals surface area contributed by atoms with E-state index in [2.05, 4.69) is 10.1 Å². The third kappa shape index (κ3) is 6.12. The molecule has 0 fully saturated rings. The van der Waals surface area contributed by atoms with E-state index >= 15 is 0 Å². The average molecular weight is 301 g/mol. The first-order valence-electron chi connectivity index (χ1n) is 5.94. The van der Waals surface area contributed by atoms with Gasteiger partial charge in [0.1, 0.15) is 24.3 Å². The third-order valence-electron chi connectivity index (χ3n) is 2.36. The largest absolute Gasteiger partial charge is 0.390 e. The minimum Gasteiger partial charge on any atom is -0.390 e. The van der Waals surface area contributed by atoms with Crippen LogP contribution in [0.15, 0.2) is 30.9 Å². The van der Waals surface area contributed by atoms with Crippen molar-refractivity contribution in [2.24, 2.45) is 0 Å². The zero-order valence-electron chi connectivity index (χ0n) is 11.3. The van der Waals surface area contributed by atoms with Crippen LogP contribution in [0.25, 0.3) is 0 Å². The zero-order chi connectivity index (χ0) is 15.0. The van der Waals surface area contributed by atoms with Gasteiger partial charge in [-0.3, -0.25) is 4.68 Å². The quantitative estimate of drug-likeness (QED) is 0.941. The van der Waals surface area contributed by atoms with E-state index in [9.17, 15) is 13.9 Å². The van der Waals surface area contributed by atoms with Crippen molar-refractivity contribution in [1.82, 2.24) is 14.8 Å². The number of rotatable bonds is 4. The van der Waals surface area contributed by atoms with Crippen LogP contribution in [0.4, 0.5) is 8.78 Å². The van der Waals surface area contributed by atoms with Crippen molar-refractivity contribution < 1.29 is 13.9 Å². The lowest BCUT2D eigenvalue weighted by molar-refractivity contribution is 0.173. The summed E-state index contributed by atoms with van der Waals surface area (Å²) in [6.07, 6.45) is 4.70. The van der Waals surface area contributed by atoms with Crippen LogP contribution in [-0.2, 0) is 6.54 Å². The van der Waals surface area contributed by atoms with Gasteiger partial charge in [0.05, 0.1) is 12.6 Å². The zero-order valence-corrected chi connectivity index (χ0v) is 12.1. The van der Waals surface area contributed by atoms with Gasteiger partial charge >= 0.3 is 0 Å². The fraction of sp³-hybridized carbons (Fsp3) is 0.385. The summed E-state index contributed by atoms with van der Waals surface area (Å²) < 4.78 is 26.1. The van der Waals surface area contributed by atoms with Gasteiger partial charge in [-0.05, 0) is 24.8 Å². The molecule has 0 aliphatic rings. The van der Waals surface area contributed by atoms with Gasteiger partial charge in [0, 0.05) is 11.8 Å². The number of aliphatic hydroxyl groups excluding tert-OH is 1. The molecular formula is C13H17F2N3OS. The number of hydrogen-bond acceptors (Lipinski definition) is 4. The Kier molecular flexibility index (Phi) is 7.17. The summed E-state index contributed by atoms with van der Waals surface area (Å²) in [6.45, 7) is 2.12. The van der Waals surface area contributed by atoms with E-state index in [4.69, 9.17) is 0 Å². The summed E-state index contributed by atoms with van der Waals surface area (Å²) in [5.41, 5.74) is 0.469. The summed E-state index contributed by atoms with van der Waals surface area (Å²) in [5, 5.41) is 13.2. The second-order valence-electron chi connectivity index (χ2n) is 4.12. The second-order valence-corrected chi connectivity index (χ2v) is 5.03. The molecule has 4 nitrogen and oxygen atoms in total. The summed E-state index contributed by atoms with van der Waals surface area (Å²) in [5.74, 6) is -0.284. The molecule has 0 bridgehead atoms. The van der Waals surface area contributed by atoms with Crippen molar-refractivity contribution in [1.29, 1.82) is 0 Å². The first kappa shape index (κ1) is 16.6. The van der Waals surface area contributed by atoms with E-state index in [-0.39, 0.29) is 6.10 Å². The maximum atomic E-state index is 12.3. The molecule has 110 valence electrons. The van der Waals surface area contributed by atoms with Crippen molar-refractivity contribution >= 4 is 11.8 Å². The average Bonchev–Trinajstić information content (AvgIpc) is 2.88. The van der Waals surface area contributed by atoms with Crippen molar-refractivity contribution in [3.8, 4) is 0 Å². The van der Waals surface area contributed by atoms with Crippen molar-refractivity contribution in [2.45, 2.75) is 19.6 Å². The van der Waals surface area contributed by atoms with Gasteiger partial charge < -0.3 is 5.11 Å². The fourth-order valence-electron chi connectivity index (χ4n) is 1.36. The topological polar surface area (TPSA) is 50.9 Å². The maximum absolute atomic E-state index is 12.3. The van der Waals surface area contributed by atoms with Gasteiger partial charge in [0.2, 0.25) is 0 Å². The minimum atomic E-state index is -0.530. The molecule has 0 saturated heterocycles. The highest BCUT2D eigenvalue weighted by Crippen LogP contribution is 2.06. The first-order valence-corrected chi connectivity index (χ1v) is 7.33. The molecule has 0 saturated carbocycles. The van der Waals surface area contributed by atoms with E-state index in [1.54, 1.807) is 29.7 Å². The van der Waals surface area contributed by atoms with Crippen LogP contribution >= 0.6 is 11.8 Å². The summed E-state index contributed by atoms with van der Waals surface area (Å²) >= 11 is 1.62. The van der Waals surface area contributed by atoms with Crippen LogP contribution in [-0.4, -0.2) is 38.0 Å². The molecule has 1 heterocycles. The van der Waals surface area contributed by atoms with E-state index in [0.717, 1.165) is 11.8 Å². The maximum Gasteiger partial charge on any atom is 0.137 e. The van der Waals surface area contributed by atoms with Crippen LogP contribution < -0.4 is 0 Å². The van der Waals surface area contributed by atoms with E-state index in [1.807, 2.05) is 6.26 Å². The normalized spacial score (nSPS) is 11.7. The monoisotopic (exact) mass is 301 g/mol. The predicted octanol–water partition coefficient (Wildman–Crippen LogP) is 2.28. The highest BCUT2D eigenvalue weighted by molar-refractivity contribution is 7.98. The Morgan fingerprint density at radius 2 is 2.15 bits per heavy atom. The van der Waals surface area contributed by atoms with Gasteiger partial charge in [0.25, 0.3) is 0 Å². The van der Waals surface area contributed by atoms with Gasteiger partial charge in [-0.2, -0.15) is 16.9 Å². The van der Waals surface area contributed by atoms with Crippen LogP contribution in [0, 0.1) is 18.6 Å². The highest BCUT2D eigenvalue weighted by atomic mass is 32.2. The molecule has 1 atom stereocenters. The summed E-state index contributed by atoms with van der Waals surface area (Å²) in [6, 6.07) is 3.51. The molecule has 0 amide bonds. The number of nitrogens with zero attached hydrogens (tertiary/aromatic N) is 3. The SMILES string of the molecule is CSCC(O)Cn1cncn1.Cc1ccc(F)cc1F. The second kappa shape index (κ2) is 8.65. The van der Waals surface area contributed by atoms with Crippen molar-refractivity contribution in [3.05, 3.63) is 48.1 Å². The third-order valence-corrected chi connectivity index (χ3v) is 3.08. The molecule has 1 N–H and O–H groups in total. The number of benzene rings is 1. The Balaban J connectivity index is 0.000000204. The van der Waals surface area contributed by atoms with Gasteiger partial charge in [0.15, 0.2) is 0 Å². The Hall–Kier alpha value is -1.47. The lowest BCUT2D eigenvalue weighted by atomic mass is 10.2. The summed E-state index contributed by atoms with van der Waals surface area (Å²) in [4.78, 5) is 3.77. The van der Waals surface area contributed by atoms with Crippen LogP contribution in [0.1, 0.15) is 5.56 Å². The summed E-state index contributed by atoms with van der Waals surface area (Å²) in [7, 11) is 0. The standard InChI is InChI=1S/C7H6F2.C6H11N3OS/c1-5-2-3-6(8)4-7(5)9;1-11-3-6(10)2-9-5-7-4-8-9/h2-4H,1H3;4-6,10H,2-3H2,1H3. The van der Waals surface area contributed by atoms with E-state index in [1.165, 1.54) is 18.5 Å². The molecule has 0 aliphatic carbocycles. The highest BCUT2D eigenvalue weighted by Gasteiger charge is 2.03. The Bertz CT molecular complexity index is 508. The first-order chi connectivity index (χ1) is 9.52. The van der Waals surface area contributed by atoms with Gasteiger partial charge in [-0.15, -0.1) is 0 Å². The minimum absolute atomic E-state index is 0.327. The smallest absolute Gasteiger partial charge is 0.137 e. The molecule has 2 rings (SSSR count). The van der Waals surface area contributed by atoms with Crippen molar-refractivity contribution in [3.63, 3.8) is 0 Å². The number of aromatic nitrogens is 3. The van der Waals surface area contributed by atoms with E-state index in [0.29, 0.717) is 12.1 Å². The molecule has 7 heteroatoms. The molecule has 20 heavy (non-hydrogen) atoms. The molecular weight excluding hydrogens is 284 g/mol. The molecule has 1 aromatic heterocycles. The number of thioether (sulfide) groups is 1. The Labute approximate surface area is 120 Å². The molecule has 0 radical (unpaired) electrons. The Morgan fingerprint density at radius 3 is 2.65 bits per heavy atom. The predicted molar refractivity (Wildman–Crippen MR) is 75.5 cm³/mol. The number of aliphatic hydroxyl groups is 1. The van der Waals surface area contributed by atoms with Crippen LogP contribution in [0.2, 0.25) is 0 Å². The van der Waals surface area contributed by atoms with Gasteiger partial charge in [-0.25, -0.2) is 13.8 Å². The van der Waals surface area contributed by atoms with Crippen LogP contribution in [0.3, 0.4) is 0 Å². The van der Waals surface area contributed by atoms with Crippen LogP contribution in [0.5, 0.6) is 0 Å². The van der Waals surface area contributed by atoms with Crippen molar-refractivity contribution in [2.75, 3.05) is 12.0 Å². The van der Waals surface area contributed by atoms with Gasteiger partial charge in [-0.1, -0.05) is 6.07 Å². The molecule has 1 aromatic carbocycles. The number of halogens is 2. The number of hydrogen-bond donors (Lipinski definition) is 1. The number of aryl methyl sites for hydroxylation is 1. The fourth-order valence-corrected chi connectivity index (χ4v) is 1.85. The molecule has 1 unspecified atom stereocenters. The molecule has 2 aromatic rings. The molecule has 0 aliphatic heterocycles. The Morgan fingerprint density at radius 1 is 1.40 bits per heavy atom. The van der Waals surface area contributed by atoms with E-state index < -0.39 is 11.6 Å².